The molecule has 1 aliphatic rings. The summed E-state index contributed by atoms with van der Waals surface area (Å²) in [5.74, 6) is 1.37. The number of nitrogens with one attached hydrogen (secondary N) is 1. The van der Waals surface area contributed by atoms with E-state index in [4.69, 9.17) is 0 Å². The van der Waals surface area contributed by atoms with Crippen molar-refractivity contribution in [2.75, 3.05) is 6.54 Å². The second-order valence-electron chi connectivity index (χ2n) is 6.83. The molecule has 0 spiro atoms. The molecule has 2 rings (SSSR count). The topological polar surface area (TPSA) is 45.1 Å². The zero-order valence-electron chi connectivity index (χ0n) is 13.0. The lowest BCUT2D eigenvalue weighted by atomic mass is 9.86. The second kappa shape index (κ2) is 7.01. The van der Waals surface area contributed by atoms with Crippen molar-refractivity contribution in [2.24, 2.45) is 5.92 Å². The Balaban J connectivity index is 1.70. The number of nitrogens with zero attached hydrogens (tertiary/aromatic N) is 1. The molecule has 1 heterocycles. The molecule has 4 heteroatoms. The molecule has 114 valence electrons. The average molecular weight is 296 g/mol. The molecule has 2 N–H and O–H groups in total. The number of aliphatic hydroxyl groups is 1. The van der Waals surface area contributed by atoms with Crippen LogP contribution in [0.5, 0.6) is 0 Å². The molecule has 1 aromatic rings. The Morgan fingerprint density at radius 1 is 1.50 bits per heavy atom. The highest BCUT2D eigenvalue weighted by Gasteiger charge is 2.23. The van der Waals surface area contributed by atoms with E-state index < -0.39 is 5.60 Å². The first-order valence-corrected chi connectivity index (χ1v) is 8.65. The molecule has 20 heavy (non-hydrogen) atoms. The molecule has 0 aliphatic heterocycles. The molecule has 1 fully saturated rings. The fourth-order valence-corrected chi connectivity index (χ4v) is 3.45. The molecule has 1 aromatic heterocycles. The zero-order chi connectivity index (χ0) is 14.6. The van der Waals surface area contributed by atoms with E-state index in [0.29, 0.717) is 12.5 Å². The molecule has 0 saturated heterocycles. The molecule has 0 bridgehead atoms. The fourth-order valence-electron chi connectivity index (χ4n) is 2.39. The van der Waals surface area contributed by atoms with E-state index in [-0.39, 0.29) is 0 Å². The predicted molar refractivity (Wildman–Crippen MR) is 85.1 cm³/mol. The van der Waals surface area contributed by atoms with Gasteiger partial charge >= 0.3 is 0 Å². The lowest BCUT2D eigenvalue weighted by Gasteiger charge is -2.24. The lowest BCUT2D eigenvalue weighted by molar-refractivity contribution is 0.0451. The first kappa shape index (κ1) is 15.9. The third-order valence-electron chi connectivity index (χ3n) is 4.09. The van der Waals surface area contributed by atoms with E-state index in [2.05, 4.69) is 24.1 Å². The summed E-state index contributed by atoms with van der Waals surface area (Å²) in [5, 5.41) is 15.0. The standard InChI is InChI=1S/C16H28N2OS/c1-12(2)7-8-16(3,19)11-17-9-14-10-18-15(20-14)13-5-4-6-13/h10,12-13,17,19H,4-9,11H2,1-3H3. The summed E-state index contributed by atoms with van der Waals surface area (Å²) in [4.78, 5) is 5.81. The Morgan fingerprint density at radius 2 is 2.25 bits per heavy atom. The number of thiazole rings is 1. The van der Waals surface area contributed by atoms with Gasteiger partial charge in [0.15, 0.2) is 0 Å². The van der Waals surface area contributed by atoms with Crippen LogP contribution in [0.25, 0.3) is 0 Å². The maximum Gasteiger partial charge on any atom is 0.0959 e. The molecule has 3 nitrogen and oxygen atoms in total. The SMILES string of the molecule is CC(C)CCC(C)(O)CNCc1cnc(C2CCC2)s1. The molecule has 1 unspecified atom stereocenters. The van der Waals surface area contributed by atoms with Gasteiger partial charge in [0, 0.05) is 30.1 Å². The Morgan fingerprint density at radius 3 is 2.85 bits per heavy atom. The highest BCUT2D eigenvalue weighted by Crippen LogP contribution is 2.38. The minimum absolute atomic E-state index is 0.605. The number of rotatable bonds is 8. The van der Waals surface area contributed by atoms with Gasteiger partial charge in [-0.3, -0.25) is 0 Å². The normalized spacial score (nSPS) is 19.1. The van der Waals surface area contributed by atoms with Crippen molar-refractivity contribution in [3.8, 4) is 0 Å². The summed E-state index contributed by atoms with van der Waals surface area (Å²) in [7, 11) is 0. The van der Waals surface area contributed by atoms with Crippen LogP contribution in [-0.2, 0) is 6.54 Å². The van der Waals surface area contributed by atoms with E-state index in [1.54, 1.807) is 0 Å². The highest BCUT2D eigenvalue weighted by molar-refractivity contribution is 7.11. The number of hydrogen-bond donors (Lipinski definition) is 2. The van der Waals surface area contributed by atoms with Gasteiger partial charge in [0.25, 0.3) is 0 Å². The van der Waals surface area contributed by atoms with Gasteiger partial charge in [-0.25, -0.2) is 4.98 Å². The van der Waals surface area contributed by atoms with Crippen LogP contribution in [0.2, 0.25) is 0 Å². The van der Waals surface area contributed by atoms with E-state index in [1.165, 1.54) is 29.1 Å². The number of hydrogen-bond acceptors (Lipinski definition) is 4. The largest absolute Gasteiger partial charge is 0.389 e. The Bertz CT molecular complexity index is 410. The van der Waals surface area contributed by atoms with Crippen LogP contribution in [0, 0.1) is 5.92 Å². The summed E-state index contributed by atoms with van der Waals surface area (Å²) in [6, 6.07) is 0. The van der Waals surface area contributed by atoms with E-state index in [9.17, 15) is 5.11 Å². The van der Waals surface area contributed by atoms with Crippen molar-refractivity contribution < 1.29 is 5.11 Å². The summed E-state index contributed by atoms with van der Waals surface area (Å²) >= 11 is 1.83. The first-order valence-electron chi connectivity index (χ1n) is 7.84. The van der Waals surface area contributed by atoms with E-state index in [0.717, 1.165) is 25.3 Å². The zero-order valence-corrected chi connectivity index (χ0v) is 13.8. The van der Waals surface area contributed by atoms with Gasteiger partial charge in [-0.1, -0.05) is 20.3 Å². The van der Waals surface area contributed by atoms with Crippen molar-refractivity contribution in [3.05, 3.63) is 16.1 Å². The lowest BCUT2D eigenvalue weighted by Crippen LogP contribution is -2.37. The van der Waals surface area contributed by atoms with Gasteiger partial charge < -0.3 is 10.4 Å². The summed E-state index contributed by atoms with van der Waals surface area (Å²) in [6.07, 6.45) is 7.90. The van der Waals surface area contributed by atoms with E-state index in [1.807, 2.05) is 24.5 Å². The molecule has 0 radical (unpaired) electrons. The number of aromatic nitrogens is 1. The van der Waals surface area contributed by atoms with Crippen molar-refractivity contribution in [3.63, 3.8) is 0 Å². The first-order chi connectivity index (χ1) is 9.46. The van der Waals surface area contributed by atoms with Crippen molar-refractivity contribution in [2.45, 2.75) is 70.9 Å². The third kappa shape index (κ3) is 4.83. The van der Waals surface area contributed by atoms with Crippen molar-refractivity contribution in [1.29, 1.82) is 0 Å². The molecular formula is C16H28N2OS. The van der Waals surface area contributed by atoms with Crippen molar-refractivity contribution in [1.82, 2.24) is 10.3 Å². The molecule has 1 aliphatic carbocycles. The maximum atomic E-state index is 10.3. The Kier molecular flexibility index (Phi) is 5.58. The monoisotopic (exact) mass is 296 g/mol. The van der Waals surface area contributed by atoms with Crippen LogP contribution in [0.3, 0.4) is 0 Å². The summed E-state index contributed by atoms with van der Waals surface area (Å²) in [5.41, 5.74) is -0.605. The summed E-state index contributed by atoms with van der Waals surface area (Å²) in [6.45, 7) is 7.79. The van der Waals surface area contributed by atoms with Crippen LogP contribution in [-0.4, -0.2) is 22.2 Å². The quantitative estimate of drug-likeness (QED) is 0.769. The van der Waals surface area contributed by atoms with Gasteiger partial charge in [0.1, 0.15) is 0 Å². The Hall–Kier alpha value is -0.450. The van der Waals surface area contributed by atoms with E-state index >= 15 is 0 Å². The molecular weight excluding hydrogens is 268 g/mol. The van der Waals surface area contributed by atoms with Crippen molar-refractivity contribution >= 4 is 11.3 Å². The van der Waals surface area contributed by atoms with Gasteiger partial charge in [-0.05, 0) is 38.5 Å². The highest BCUT2D eigenvalue weighted by atomic mass is 32.1. The Labute approximate surface area is 126 Å². The molecule has 1 atom stereocenters. The molecule has 1 saturated carbocycles. The van der Waals surface area contributed by atoms with Gasteiger partial charge in [-0.2, -0.15) is 0 Å². The van der Waals surface area contributed by atoms with Gasteiger partial charge in [0.05, 0.1) is 10.6 Å². The van der Waals surface area contributed by atoms with Gasteiger partial charge in [0.2, 0.25) is 0 Å². The summed E-state index contributed by atoms with van der Waals surface area (Å²) < 4.78 is 0. The van der Waals surface area contributed by atoms with Gasteiger partial charge in [-0.15, -0.1) is 11.3 Å². The van der Waals surface area contributed by atoms with Crippen LogP contribution in [0.15, 0.2) is 6.20 Å². The molecule has 0 aromatic carbocycles. The van der Waals surface area contributed by atoms with Crippen LogP contribution in [0.4, 0.5) is 0 Å². The average Bonchev–Trinajstić information content (AvgIpc) is 2.73. The molecule has 0 amide bonds. The second-order valence-corrected chi connectivity index (χ2v) is 7.97. The minimum atomic E-state index is -0.605. The van der Waals surface area contributed by atoms with Crippen LogP contribution in [0.1, 0.15) is 68.7 Å². The fraction of sp³-hybridized carbons (Fsp3) is 0.812. The smallest absolute Gasteiger partial charge is 0.0959 e. The maximum absolute atomic E-state index is 10.3. The predicted octanol–water partition coefficient (Wildman–Crippen LogP) is 3.69. The minimum Gasteiger partial charge on any atom is -0.389 e. The van der Waals surface area contributed by atoms with Crippen LogP contribution < -0.4 is 5.32 Å². The third-order valence-corrected chi connectivity index (χ3v) is 5.25. The van der Waals surface area contributed by atoms with Crippen LogP contribution >= 0.6 is 11.3 Å².